The number of ether oxygens (including phenoxy) is 1. The molecule has 3 aliphatic rings. The molecule has 3 aliphatic heterocycles. The van der Waals surface area contributed by atoms with E-state index in [2.05, 4.69) is 6.92 Å². The number of piperidine rings is 2. The molecule has 0 bridgehead atoms. The van der Waals surface area contributed by atoms with E-state index in [0.29, 0.717) is 30.6 Å². The first-order valence-electron chi connectivity index (χ1n) is 10.2. The van der Waals surface area contributed by atoms with Crippen LogP contribution in [0.5, 0.6) is 0 Å². The van der Waals surface area contributed by atoms with Gasteiger partial charge in [0.2, 0.25) is 11.7 Å². The standard InChI is InChI=1S/C22H28N2O4/c1-5-21-12-8-14-23(19(27)28-20(2,3)4)22(21)18(26)15-9-6-7-10-16(15)24(22)17(25)11-13-21/h6-7,9-10H,5,8,11-14H2,1-4H3. The van der Waals surface area contributed by atoms with Crippen molar-refractivity contribution in [3.63, 3.8) is 0 Å². The average Bonchev–Trinajstić information content (AvgIpc) is 2.91. The molecule has 1 spiro atoms. The molecule has 3 heterocycles. The Hall–Kier alpha value is -2.37. The zero-order chi connectivity index (χ0) is 20.3. The third kappa shape index (κ3) is 2.29. The normalized spacial score (nSPS) is 29.3. The van der Waals surface area contributed by atoms with Crippen molar-refractivity contribution >= 4 is 23.5 Å². The number of carbonyl (C=O) groups is 3. The van der Waals surface area contributed by atoms with Gasteiger partial charge in [-0.3, -0.25) is 19.4 Å². The number of ketones is 1. The fraction of sp³-hybridized carbons (Fsp3) is 0.591. The van der Waals surface area contributed by atoms with E-state index in [1.807, 2.05) is 39.0 Å². The van der Waals surface area contributed by atoms with E-state index < -0.39 is 22.8 Å². The van der Waals surface area contributed by atoms with Gasteiger partial charge < -0.3 is 4.74 Å². The number of nitrogens with zero attached hydrogens (tertiary/aromatic N) is 2. The lowest BCUT2D eigenvalue weighted by Gasteiger charge is -2.61. The van der Waals surface area contributed by atoms with Gasteiger partial charge in [-0.2, -0.15) is 0 Å². The van der Waals surface area contributed by atoms with Crippen LogP contribution in [-0.4, -0.2) is 40.5 Å². The summed E-state index contributed by atoms with van der Waals surface area (Å²) < 4.78 is 5.70. The number of anilines is 1. The van der Waals surface area contributed by atoms with Gasteiger partial charge in [-0.1, -0.05) is 19.1 Å². The van der Waals surface area contributed by atoms with Crippen molar-refractivity contribution in [3.8, 4) is 0 Å². The van der Waals surface area contributed by atoms with Crippen molar-refractivity contribution in [1.29, 1.82) is 0 Å². The second-order valence-electron chi connectivity index (χ2n) is 9.12. The largest absolute Gasteiger partial charge is 0.444 e. The van der Waals surface area contributed by atoms with Crippen molar-refractivity contribution in [3.05, 3.63) is 29.8 Å². The van der Waals surface area contributed by atoms with E-state index in [1.54, 1.807) is 15.9 Å². The Balaban J connectivity index is 1.95. The van der Waals surface area contributed by atoms with Gasteiger partial charge in [0.05, 0.1) is 5.69 Å². The molecule has 1 aromatic carbocycles. The fourth-order valence-electron chi connectivity index (χ4n) is 5.46. The fourth-order valence-corrected chi connectivity index (χ4v) is 5.46. The van der Waals surface area contributed by atoms with E-state index in [-0.39, 0.29) is 11.7 Å². The second-order valence-corrected chi connectivity index (χ2v) is 9.12. The van der Waals surface area contributed by atoms with E-state index >= 15 is 0 Å². The average molecular weight is 384 g/mol. The topological polar surface area (TPSA) is 66.9 Å². The maximum absolute atomic E-state index is 13.9. The summed E-state index contributed by atoms with van der Waals surface area (Å²) >= 11 is 0. The van der Waals surface area contributed by atoms with Gasteiger partial charge in [0.15, 0.2) is 5.66 Å². The molecule has 28 heavy (non-hydrogen) atoms. The van der Waals surface area contributed by atoms with Crippen LogP contribution in [-0.2, 0) is 9.53 Å². The van der Waals surface area contributed by atoms with Crippen LogP contribution < -0.4 is 4.90 Å². The van der Waals surface area contributed by atoms with Gasteiger partial charge in [-0.15, -0.1) is 0 Å². The third-order valence-electron chi connectivity index (χ3n) is 6.55. The number of para-hydroxylation sites is 1. The first-order chi connectivity index (χ1) is 13.2. The number of rotatable bonds is 1. The van der Waals surface area contributed by atoms with Crippen molar-refractivity contribution in [2.75, 3.05) is 11.4 Å². The van der Waals surface area contributed by atoms with E-state index in [9.17, 15) is 14.4 Å². The summed E-state index contributed by atoms with van der Waals surface area (Å²) in [5.74, 6) is -0.249. The summed E-state index contributed by atoms with van der Waals surface area (Å²) in [5.41, 5.74) is -1.33. The molecule has 0 N–H and O–H groups in total. The molecule has 2 saturated heterocycles. The van der Waals surface area contributed by atoms with Gasteiger partial charge in [0, 0.05) is 23.9 Å². The molecular formula is C22H28N2O4. The maximum atomic E-state index is 13.9. The number of amides is 2. The first-order valence-corrected chi connectivity index (χ1v) is 10.2. The Kier molecular flexibility index (Phi) is 4.11. The van der Waals surface area contributed by atoms with Crippen molar-refractivity contribution in [2.24, 2.45) is 5.41 Å². The van der Waals surface area contributed by atoms with Crippen LogP contribution in [0.15, 0.2) is 24.3 Å². The van der Waals surface area contributed by atoms with Gasteiger partial charge in [-0.25, -0.2) is 4.79 Å². The number of hydrogen-bond donors (Lipinski definition) is 0. The Morgan fingerprint density at radius 2 is 1.89 bits per heavy atom. The molecule has 2 amide bonds. The second kappa shape index (κ2) is 6.06. The zero-order valence-electron chi connectivity index (χ0n) is 17.1. The maximum Gasteiger partial charge on any atom is 0.412 e. The molecule has 6 nitrogen and oxygen atoms in total. The molecule has 0 saturated carbocycles. The Morgan fingerprint density at radius 3 is 2.57 bits per heavy atom. The highest BCUT2D eigenvalue weighted by Gasteiger charge is 2.71. The Morgan fingerprint density at radius 1 is 1.18 bits per heavy atom. The monoisotopic (exact) mass is 384 g/mol. The highest BCUT2D eigenvalue weighted by molar-refractivity contribution is 6.22. The molecule has 2 atom stereocenters. The zero-order valence-corrected chi connectivity index (χ0v) is 17.1. The summed E-state index contributed by atoms with van der Waals surface area (Å²) in [4.78, 5) is 43.5. The summed E-state index contributed by atoms with van der Waals surface area (Å²) in [6.45, 7) is 7.91. The lowest BCUT2D eigenvalue weighted by atomic mass is 9.60. The minimum absolute atomic E-state index is 0.0992. The quantitative estimate of drug-likeness (QED) is 0.730. The molecule has 2 unspecified atom stereocenters. The number of carbonyl (C=O) groups excluding carboxylic acids is 3. The van der Waals surface area contributed by atoms with Crippen LogP contribution in [0.1, 0.15) is 70.2 Å². The highest BCUT2D eigenvalue weighted by atomic mass is 16.6. The smallest absolute Gasteiger partial charge is 0.412 e. The van der Waals surface area contributed by atoms with Crippen molar-refractivity contribution in [1.82, 2.24) is 4.90 Å². The van der Waals surface area contributed by atoms with Crippen molar-refractivity contribution < 1.29 is 19.1 Å². The van der Waals surface area contributed by atoms with Crippen LogP contribution in [0.4, 0.5) is 10.5 Å². The van der Waals surface area contributed by atoms with Crippen LogP contribution in [0.3, 0.4) is 0 Å². The van der Waals surface area contributed by atoms with Crippen molar-refractivity contribution in [2.45, 2.75) is 71.1 Å². The third-order valence-corrected chi connectivity index (χ3v) is 6.55. The van der Waals surface area contributed by atoms with Gasteiger partial charge in [-0.05, 0) is 58.6 Å². The molecular weight excluding hydrogens is 356 g/mol. The number of fused-ring (bicyclic) bond motifs is 2. The Labute approximate surface area is 165 Å². The highest BCUT2D eigenvalue weighted by Crippen LogP contribution is 2.60. The Bertz CT molecular complexity index is 858. The van der Waals surface area contributed by atoms with Crippen LogP contribution in [0.25, 0.3) is 0 Å². The SMILES string of the molecule is CCC12CCCN(C(=O)OC(C)(C)C)C13C(=O)c1ccccc1N3C(=O)CC2. The predicted octanol–water partition coefficient (Wildman–Crippen LogP) is 4.13. The van der Waals surface area contributed by atoms with Crippen LogP contribution >= 0.6 is 0 Å². The minimum Gasteiger partial charge on any atom is -0.444 e. The van der Waals surface area contributed by atoms with Gasteiger partial charge in [0.1, 0.15) is 5.60 Å². The molecule has 0 radical (unpaired) electrons. The summed E-state index contributed by atoms with van der Waals surface area (Å²) in [7, 11) is 0. The summed E-state index contributed by atoms with van der Waals surface area (Å²) in [6.07, 6.45) is 2.80. The van der Waals surface area contributed by atoms with E-state index in [0.717, 1.165) is 19.3 Å². The molecule has 0 aliphatic carbocycles. The van der Waals surface area contributed by atoms with E-state index in [1.165, 1.54) is 0 Å². The number of hydrogen-bond acceptors (Lipinski definition) is 4. The molecule has 4 rings (SSSR count). The predicted molar refractivity (Wildman–Crippen MR) is 105 cm³/mol. The van der Waals surface area contributed by atoms with Gasteiger partial charge in [0.25, 0.3) is 0 Å². The number of benzene rings is 1. The lowest BCUT2D eigenvalue weighted by Crippen LogP contribution is -2.77. The number of Topliss-reactive ketones (excluding diaryl/α,β-unsaturated/α-hetero) is 1. The molecule has 2 fully saturated rings. The van der Waals surface area contributed by atoms with Gasteiger partial charge >= 0.3 is 6.09 Å². The molecule has 0 aromatic heterocycles. The van der Waals surface area contributed by atoms with E-state index in [4.69, 9.17) is 4.74 Å². The number of likely N-dealkylation sites (tertiary alicyclic amines) is 1. The van der Waals surface area contributed by atoms with Crippen LogP contribution in [0, 0.1) is 5.41 Å². The summed E-state index contributed by atoms with van der Waals surface area (Å²) in [6, 6.07) is 7.22. The molecule has 6 heteroatoms. The van der Waals surface area contributed by atoms with Crippen LogP contribution in [0.2, 0.25) is 0 Å². The molecule has 1 aromatic rings. The first kappa shape index (κ1) is 19.0. The minimum atomic E-state index is -1.32. The summed E-state index contributed by atoms with van der Waals surface area (Å²) in [5, 5.41) is 0. The lowest BCUT2D eigenvalue weighted by molar-refractivity contribution is -0.133. The molecule has 150 valence electrons.